The number of quaternary nitrogens is 1. The number of nitrogens with one attached hydrogen (secondary N) is 1. The Hall–Kier alpha value is -2.02. The average molecular weight is 262 g/mol. The first kappa shape index (κ1) is 12.0. The van der Waals surface area contributed by atoms with E-state index in [-0.39, 0.29) is 5.69 Å². The molecule has 0 aliphatic carbocycles. The van der Waals surface area contributed by atoms with Crippen molar-refractivity contribution in [3.05, 3.63) is 28.3 Å². The van der Waals surface area contributed by atoms with Crippen molar-refractivity contribution in [2.24, 2.45) is 0 Å². The minimum Gasteiger partial charge on any atom is -0.316 e. The first-order chi connectivity index (χ1) is 9.24. The highest BCUT2D eigenvalue weighted by Gasteiger charge is 2.17. The molecule has 1 aliphatic heterocycles. The van der Waals surface area contributed by atoms with Crippen LogP contribution in [-0.4, -0.2) is 33.0 Å². The van der Waals surface area contributed by atoms with Gasteiger partial charge in [-0.3, -0.25) is 10.1 Å². The Bertz CT molecular complexity index is 603. The molecule has 1 N–H and O–H groups in total. The van der Waals surface area contributed by atoms with Crippen LogP contribution < -0.4 is 4.90 Å². The number of fused-ring (bicyclic) bond motifs is 1. The lowest BCUT2D eigenvalue weighted by molar-refractivity contribution is -0.927. The molecule has 2 heterocycles. The molecule has 1 aromatic carbocycles. The number of piperidine rings is 1. The molecule has 0 radical (unpaired) electrons. The minimum absolute atomic E-state index is 0.0601. The van der Waals surface area contributed by atoms with Gasteiger partial charge in [-0.15, -0.1) is 5.10 Å². The third kappa shape index (κ3) is 2.41. The third-order valence-electron chi connectivity index (χ3n) is 3.64. The molecule has 19 heavy (non-hydrogen) atoms. The number of benzene rings is 1. The second kappa shape index (κ2) is 4.93. The monoisotopic (exact) mass is 262 g/mol. The van der Waals surface area contributed by atoms with E-state index in [4.69, 9.17) is 0 Å². The Morgan fingerprint density at radius 2 is 2.11 bits per heavy atom. The van der Waals surface area contributed by atoms with Gasteiger partial charge in [-0.05, 0) is 25.3 Å². The Kier molecular flexibility index (Phi) is 3.12. The molecule has 2 aromatic rings. The normalized spacial score (nSPS) is 16.8. The van der Waals surface area contributed by atoms with Gasteiger partial charge in [0.25, 0.3) is 5.69 Å². The van der Waals surface area contributed by atoms with Gasteiger partial charge in [0.05, 0.1) is 23.5 Å². The second-order valence-electron chi connectivity index (χ2n) is 4.99. The molecule has 7 nitrogen and oxygen atoms in total. The van der Waals surface area contributed by atoms with E-state index in [0.717, 1.165) is 25.3 Å². The average Bonchev–Trinajstić information content (AvgIpc) is 2.82. The molecule has 0 saturated carbocycles. The summed E-state index contributed by atoms with van der Waals surface area (Å²) in [6, 6.07) is 4.72. The summed E-state index contributed by atoms with van der Waals surface area (Å²) in [6.07, 6.45) is 3.83. The van der Waals surface area contributed by atoms with Crippen LogP contribution in [0, 0.1) is 10.1 Å². The van der Waals surface area contributed by atoms with Crippen molar-refractivity contribution in [3.8, 4) is 0 Å². The van der Waals surface area contributed by atoms with Crippen molar-refractivity contribution in [3.63, 3.8) is 0 Å². The quantitative estimate of drug-likeness (QED) is 0.640. The zero-order valence-electron chi connectivity index (χ0n) is 10.6. The summed E-state index contributed by atoms with van der Waals surface area (Å²) in [5.41, 5.74) is 1.51. The lowest BCUT2D eigenvalue weighted by Gasteiger charge is -2.23. The number of non-ortho nitro benzene ring substituents is 1. The SMILES string of the molecule is O=[N+]([O-])c1ccc2c(c1)nnn2C[NH+]1CCCCC1. The molecule has 0 amide bonds. The Balaban J connectivity index is 1.86. The number of nitro groups is 1. The van der Waals surface area contributed by atoms with Crippen molar-refractivity contribution in [1.82, 2.24) is 15.0 Å². The molecule has 100 valence electrons. The van der Waals surface area contributed by atoms with Crippen LogP contribution in [-0.2, 0) is 6.67 Å². The molecular weight excluding hydrogens is 246 g/mol. The van der Waals surface area contributed by atoms with E-state index in [1.807, 2.05) is 4.68 Å². The largest absolute Gasteiger partial charge is 0.316 e. The highest BCUT2D eigenvalue weighted by Crippen LogP contribution is 2.18. The maximum atomic E-state index is 10.7. The molecule has 1 fully saturated rings. The van der Waals surface area contributed by atoms with E-state index in [1.165, 1.54) is 36.3 Å². The highest BCUT2D eigenvalue weighted by molar-refractivity contribution is 5.76. The first-order valence-electron chi connectivity index (χ1n) is 6.55. The van der Waals surface area contributed by atoms with Crippen molar-refractivity contribution in [2.75, 3.05) is 13.1 Å². The molecule has 1 saturated heterocycles. The van der Waals surface area contributed by atoms with Crippen LogP contribution in [0.1, 0.15) is 19.3 Å². The molecular formula is C12H16N5O2+. The van der Waals surface area contributed by atoms with Gasteiger partial charge < -0.3 is 4.90 Å². The Morgan fingerprint density at radius 3 is 2.84 bits per heavy atom. The fourth-order valence-electron chi connectivity index (χ4n) is 2.61. The minimum atomic E-state index is -0.408. The summed E-state index contributed by atoms with van der Waals surface area (Å²) in [5, 5.41) is 18.9. The Morgan fingerprint density at radius 1 is 1.32 bits per heavy atom. The van der Waals surface area contributed by atoms with E-state index >= 15 is 0 Å². The van der Waals surface area contributed by atoms with Gasteiger partial charge in [0.2, 0.25) is 0 Å². The number of aromatic nitrogens is 3. The van der Waals surface area contributed by atoms with Gasteiger partial charge in [-0.25, -0.2) is 0 Å². The summed E-state index contributed by atoms with van der Waals surface area (Å²) < 4.78 is 1.85. The summed E-state index contributed by atoms with van der Waals surface area (Å²) in [4.78, 5) is 11.8. The van der Waals surface area contributed by atoms with Crippen LogP contribution in [0.5, 0.6) is 0 Å². The fraction of sp³-hybridized carbons (Fsp3) is 0.500. The first-order valence-corrected chi connectivity index (χ1v) is 6.55. The van der Waals surface area contributed by atoms with E-state index in [2.05, 4.69) is 10.3 Å². The zero-order valence-corrected chi connectivity index (χ0v) is 10.6. The van der Waals surface area contributed by atoms with Gasteiger partial charge in [0.15, 0.2) is 6.67 Å². The van der Waals surface area contributed by atoms with Crippen LogP contribution in [0.3, 0.4) is 0 Å². The maximum Gasteiger partial charge on any atom is 0.271 e. The van der Waals surface area contributed by atoms with Crippen LogP contribution in [0.15, 0.2) is 18.2 Å². The number of likely N-dealkylation sites (tertiary alicyclic amines) is 1. The summed E-state index contributed by atoms with van der Waals surface area (Å²) in [6.45, 7) is 3.11. The standard InChI is InChI=1S/C12H15N5O2/c18-17(19)10-4-5-12-11(8-10)13-14-16(12)9-15-6-2-1-3-7-15/h4-5,8H,1-3,6-7,9H2/p+1. The van der Waals surface area contributed by atoms with E-state index in [9.17, 15) is 10.1 Å². The molecule has 3 rings (SSSR count). The number of nitrogens with zero attached hydrogens (tertiary/aromatic N) is 4. The van der Waals surface area contributed by atoms with Crippen LogP contribution >= 0.6 is 0 Å². The topological polar surface area (TPSA) is 78.3 Å². The predicted octanol–water partition coefficient (Wildman–Crippen LogP) is 0.366. The van der Waals surface area contributed by atoms with Gasteiger partial charge in [-0.2, -0.15) is 4.68 Å². The van der Waals surface area contributed by atoms with Crippen LogP contribution in [0.4, 0.5) is 5.69 Å². The molecule has 0 spiro atoms. The number of hydrogen-bond donors (Lipinski definition) is 1. The van der Waals surface area contributed by atoms with Gasteiger partial charge in [-0.1, -0.05) is 5.21 Å². The summed E-state index contributed by atoms with van der Waals surface area (Å²) >= 11 is 0. The molecule has 7 heteroatoms. The molecule has 0 atom stereocenters. The molecule has 0 bridgehead atoms. The van der Waals surface area contributed by atoms with Crippen LogP contribution in [0.25, 0.3) is 11.0 Å². The lowest BCUT2D eigenvalue weighted by Crippen LogP contribution is -3.12. The van der Waals surface area contributed by atoms with Crippen LogP contribution in [0.2, 0.25) is 0 Å². The lowest BCUT2D eigenvalue weighted by atomic mass is 10.1. The maximum absolute atomic E-state index is 10.7. The summed E-state index contributed by atoms with van der Waals surface area (Å²) in [7, 11) is 0. The Labute approximate surface area is 110 Å². The van der Waals surface area contributed by atoms with Gasteiger partial charge in [0.1, 0.15) is 5.52 Å². The zero-order chi connectivity index (χ0) is 13.2. The smallest absolute Gasteiger partial charge is 0.271 e. The van der Waals surface area contributed by atoms with Crippen molar-refractivity contribution in [1.29, 1.82) is 0 Å². The van der Waals surface area contributed by atoms with Gasteiger partial charge >= 0.3 is 0 Å². The summed E-state index contributed by atoms with van der Waals surface area (Å²) in [5.74, 6) is 0. The predicted molar refractivity (Wildman–Crippen MR) is 68.7 cm³/mol. The molecule has 1 aliphatic rings. The third-order valence-corrected chi connectivity index (χ3v) is 3.64. The molecule has 1 aromatic heterocycles. The van der Waals surface area contributed by atoms with E-state index in [1.54, 1.807) is 6.07 Å². The van der Waals surface area contributed by atoms with E-state index < -0.39 is 4.92 Å². The van der Waals surface area contributed by atoms with Crippen molar-refractivity contribution >= 4 is 16.7 Å². The van der Waals surface area contributed by atoms with Gasteiger partial charge in [0, 0.05) is 12.1 Å². The number of rotatable bonds is 3. The highest BCUT2D eigenvalue weighted by atomic mass is 16.6. The van der Waals surface area contributed by atoms with Crippen molar-refractivity contribution < 1.29 is 9.82 Å². The number of hydrogen-bond acceptors (Lipinski definition) is 4. The molecule has 0 unspecified atom stereocenters. The van der Waals surface area contributed by atoms with Crippen molar-refractivity contribution in [2.45, 2.75) is 25.9 Å². The second-order valence-corrected chi connectivity index (χ2v) is 4.99. The van der Waals surface area contributed by atoms with E-state index in [0.29, 0.717) is 5.52 Å². The fourth-order valence-corrected chi connectivity index (χ4v) is 2.61. The number of nitro benzene ring substituents is 1.